The van der Waals surface area contributed by atoms with Crippen molar-refractivity contribution in [3.63, 3.8) is 0 Å². The van der Waals surface area contributed by atoms with Gasteiger partial charge in [0.15, 0.2) is 29.7 Å². The van der Waals surface area contributed by atoms with Gasteiger partial charge in [-0.15, -0.1) is 0 Å². The van der Waals surface area contributed by atoms with E-state index in [4.69, 9.17) is 32.8 Å². The molecule has 0 bridgehead atoms. The zero-order valence-electron chi connectivity index (χ0n) is 27.0. The first-order valence-electron chi connectivity index (χ1n) is 15.9. The number of phenolic OH excluding ortho intramolecular Hbond substituents is 3. The summed E-state index contributed by atoms with van der Waals surface area (Å²) in [6.07, 6.45) is -23.1. The highest BCUT2D eigenvalue weighted by molar-refractivity contribution is 5.88. The Hall–Kier alpha value is -3.87. The van der Waals surface area contributed by atoms with Gasteiger partial charge in [0.2, 0.25) is 23.8 Å². The molecule has 2 aromatic carbocycles. The van der Waals surface area contributed by atoms with Crippen LogP contribution in [-0.4, -0.2) is 161 Å². The Kier molecular flexibility index (Phi) is 10.8. The quantitative estimate of drug-likeness (QED) is 0.0993. The largest absolute Gasteiger partial charge is 0.507 e. The Morgan fingerprint density at radius 3 is 2.12 bits per heavy atom. The third-order valence-electron chi connectivity index (χ3n) is 9.01. The molecular formula is C32H38O20. The molecule has 0 amide bonds. The number of benzene rings is 2. The second-order valence-corrected chi connectivity index (χ2v) is 12.6. The molecule has 286 valence electrons. The average molecular weight is 743 g/mol. The molecule has 20 nitrogen and oxygen atoms in total. The summed E-state index contributed by atoms with van der Waals surface area (Å²) in [6.45, 7) is 0.0637. The standard InChI is InChI=1S/C32H38O20/c1-9-19(38)23(42)25(44)30(47-9)52-29-20(39)15(37)8-46-32(29)51-28-22(41)18-14(36)5-11(48-31-26(45)24(43)21(40)17(7-33)50-31)6-16(18)49-27(28)10-2-3-12(34)13(35)4-10/h2-6,9,15,17,19-21,23-26,29-40,42-45H,7-8H2,1H3/t9-,15+,17-,19-,20+,21+,23+,24-,25-,26-,29+,30-,31+,32+/m0/s1. The predicted molar refractivity (Wildman–Crippen MR) is 167 cm³/mol. The fraction of sp³-hybridized carbons (Fsp3) is 0.531. The molecule has 0 radical (unpaired) electrons. The smallest absolute Gasteiger partial charge is 0.239 e. The van der Waals surface area contributed by atoms with Crippen LogP contribution in [0.2, 0.25) is 0 Å². The molecule has 52 heavy (non-hydrogen) atoms. The normalized spacial score (nSPS) is 36.8. The summed E-state index contributed by atoms with van der Waals surface area (Å²) in [5.74, 6) is -3.44. The van der Waals surface area contributed by atoms with Gasteiger partial charge < -0.3 is 94.1 Å². The highest BCUT2D eigenvalue weighted by atomic mass is 16.8. The number of aliphatic hydroxyl groups excluding tert-OH is 9. The Bertz CT molecular complexity index is 1800. The minimum Gasteiger partial charge on any atom is -0.507 e. The molecule has 0 saturated carbocycles. The van der Waals surface area contributed by atoms with Crippen LogP contribution in [-0.2, 0) is 18.9 Å². The van der Waals surface area contributed by atoms with Gasteiger partial charge in [-0.3, -0.25) is 4.79 Å². The second-order valence-electron chi connectivity index (χ2n) is 12.6. The van der Waals surface area contributed by atoms with E-state index in [1.54, 1.807) is 0 Å². The van der Waals surface area contributed by atoms with Gasteiger partial charge in [-0.1, -0.05) is 0 Å². The molecule has 3 fully saturated rings. The Labute approximate surface area is 292 Å². The molecule has 6 rings (SSSR count). The maximum atomic E-state index is 14.1. The van der Waals surface area contributed by atoms with E-state index in [9.17, 15) is 66.1 Å². The molecule has 3 aliphatic heterocycles. The zero-order chi connectivity index (χ0) is 37.8. The van der Waals surface area contributed by atoms with E-state index in [1.165, 1.54) is 13.0 Å². The van der Waals surface area contributed by atoms with Gasteiger partial charge in [0.1, 0.15) is 77.4 Å². The molecule has 4 heterocycles. The number of hydrogen-bond donors (Lipinski definition) is 12. The first-order chi connectivity index (χ1) is 24.6. The van der Waals surface area contributed by atoms with Crippen LogP contribution in [0.3, 0.4) is 0 Å². The maximum Gasteiger partial charge on any atom is 0.239 e. The van der Waals surface area contributed by atoms with Crippen LogP contribution in [0.1, 0.15) is 6.92 Å². The van der Waals surface area contributed by atoms with Gasteiger partial charge in [0.05, 0.1) is 19.3 Å². The van der Waals surface area contributed by atoms with E-state index in [-0.39, 0.29) is 16.9 Å². The summed E-state index contributed by atoms with van der Waals surface area (Å²) in [6, 6.07) is 5.27. The van der Waals surface area contributed by atoms with E-state index in [0.717, 1.165) is 24.3 Å². The van der Waals surface area contributed by atoms with Gasteiger partial charge >= 0.3 is 0 Å². The lowest BCUT2D eigenvalue weighted by molar-refractivity contribution is -0.344. The van der Waals surface area contributed by atoms with Crippen molar-refractivity contribution in [1.29, 1.82) is 0 Å². The van der Waals surface area contributed by atoms with Crippen molar-refractivity contribution < 1.29 is 94.1 Å². The number of rotatable bonds is 8. The van der Waals surface area contributed by atoms with Crippen molar-refractivity contribution in [3.05, 3.63) is 40.6 Å². The number of hydrogen-bond acceptors (Lipinski definition) is 20. The molecule has 0 unspecified atom stereocenters. The van der Waals surface area contributed by atoms with Gasteiger partial charge in [0, 0.05) is 17.7 Å². The van der Waals surface area contributed by atoms with Crippen LogP contribution in [0, 0.1) is 0 Å². The van der Waals surface area contributed by atoms with Crippen molar-refractivity contribution in [3.8, 4) is 40.1 Å². The Balaban J connectivity index is 1.40. The van der Waals surface area contributed by atoms with Crippen LogP contribution in [0.25, 0.3) is 22.3 Å². The van der Waals surface area contributed by atoms with Crippen molar-refractivity contribution in [1.82, 2.24) is 0 Å². The van der Waals surface area contributed by atoms with Gasteiger partial charge in [-0.25, -0.2) is 0 Å². The Morgan fingerprint density at radius 2 is 1.42 bits per heavy atom. The monoisotopic (exact) mass is 742 g/mol. The van der Waals surface area contributed by atoms with E-state index in [1.807, 2.05) is 0 Å². The molecule has 0 spiro atoms. The van der Waals surface area contributed by atoms with Crippen molar-refractivity contribution in [2.45, 2.75) is 92.9 Å². The maximum absolute atomic E-state index is 14.1. The van der Waals surface area contributed by atoms with Gasteiger partial charge in [-0.05, 0) is 25.1 Å². The topological polar surface area (TPSA) is 328 Å². The van der Waals surface area contributed by atoms with E-state index < -0.39 is 139 Å². The van der Waals surface area contributed by atoms with Gasteiger partial charge in [-0.2, -0.15) is 0 Å². The van der Waals surface area contributed by atoms with Crippen LogP contribution in [0.15, 0.2) is 39.5 Å². The highest BCUT2D eigenvalue weighted by Gasteiger charge is 2.49. The van der Waals surface area contributed by atoms with E-state index in [2.05, 4.69) is 0 Å². The number of aliphatic hydroxyl groups is 9. The Morgan fingerprint density at radius 1 is 0.731 bits per heavy atom. The summed E-state index contributed by atoms with van der Waals surface area (Å²) in [4.78, 5) is 14.1. The predicted octanol–water partition coefficient (Wildman–Crippen LogP) is -3.57. The van der Waals surface area contributed by atoms with E-state index >= 15 is 0 Å². The first-order valence-corrected chi connectivity index (χ1v) is 15.9. The summed E-state index contributed by atoms with van der Waals surface area (Å²) >= 11 is 0. The summed E-state index contributed by atoms with van der Waals surface area (Å²) in [5.41, 5.74) is -1.55. The molecule has 1 aromatic heterocycles. The summed E-state index contributed by atoms with van der Waals surface area (Å²) in [7, 11) is 0. The van der Waals surface area contributed by atoms with Crippen molar-refractivity contribution in [2.24, 2.45) is 0 Å². The lowest BCUT2D eigenvalue weighted by Crippen LogP contribution is -2.62. The average Bonchev–Trinajstić information content (AvgIpc) is 3.11. The fourth-order valence-corrected chi connectivity index (χ4v) is 6.00. The molecular weight excluding hydrogens is 704 g/mol. The lowest BCUT2D eigenvalue weighted by atomic mass is 9.99. The first kappa shape index (κ1) is 37.9. The van der Waals surface area contributed by atoms with Crippen molar-refractivity contribution in [2.75, 3.05) is 13.2 Å². The fourth-order valence-electron chi connectivity index (χ4n) is 6.00. The highest BCUT2D eigenvalue weighted by Crippen LogP contribution is 2.40. The number of fused-ring (bicyclic) bond motifs is 1. The minimum absolute atomic E-state index is 0.0881. The summed E-state index contributed by atoms with van der Waals surface area (Å²) in [5, 5.41) is 123. The number of ether oxygens (including phenoxy) is 6. The molecule has 0 aliphatic carbocycles. The molecule has 3 aromatic rings. The van der Waals surface area contributed by atoms with Crippen LogP contribution in [0.4, 0.5) is 0 Å². The molecule has 20 heteroatoms. The molecule has 3 saturated heterocycles. The third-order valence-corrected chi connectivity index (χ3v) is 9.01. The second kappa shape index (κ2) is 14.9. The van der Waals surface area contributed by atoms with Gasteiger partial charge in [0.25, 0.3) is 0 Å². The molecule has 3 aliphatic rings. The minimum atomic E-state index is -1.85. The molecule has 14 atom stereocenters. The zero-order valence-corrected chi connectivity index (χ0v) is 27.0. The molecule has 12 N–H and O–H groups in total. The SMILES string of the molecule is C[C@@H]1O[C@@H](O[C@H]2[C@@H](Oc3c(-c4ccc(O)c(O)c4)oc4cc(O[C@@H]5O[C@@H](CO)[C@@H](O)[C@H](O)[C@@H]5O)cc(O)c4c3=O)OC[C@@H](O)[C@H]2O)[C@@H](O)[C@H](O)[C@H]1O. The third kappa shape index (κ3) is 6.97. The van der Waals surface area contributed by atoms with Crippen molar-refractivity contribution >= 4 is 11.0 Å². The number of phenols is 3. The number of aromatic hydroxyl groups is 3. The van der Waals surface area contributed by atoms with Crippen LogP contribution in [0.5, 0.6) is 28.7 Å². The lowest BCUT2D eigenvalue weighted by Gasteiger charge is -2.43. The van der Waals surface area contributed by atoms with Crippen LogP contribution < -0.4 is 14.9 Å². The summed E-state index contributed by atoms with van der Waals surface area (Å²) < 4.78 is 39.5. The van der Waals surface area contributed by atoms with E-state index in [0.29, 0.717) is 0 Å². The van der Waals surface area contributed by atoms with Crippen LogP contribution >= 0.6 is 0 Å².